The number of nitrogens with zero attached hydrogens (tertiary/aromatic N) is 2. The van der Waals surface area contributed by atoms with Gasteiger partial charge in [-0.2, -0.15) is 5.10 Å². The van der Waals surface area contributed by atoms with Gasteiger partial charge in [-0.1, -0.05) is 42.5 Å². The summed E-state index contributed by atoms with van der Waals surface area (Å²) >= 11 is 0. The van der Waals surface area contributed by atoms with Crippen LogP contribution in [0.5, 0.6) is 0 Å². The van der Waals surface area contributed by atoms with Crippen LogP contribution >= 0.6 is 0 Å². The van der Waals surface area contributed by atoms with Crippen LogP contribution in [0.3, 0.4) is 0 Å². The first-order valence-electron chi connectivity index (χ1n) is 5.82. The summed E-state index contributed by atoms with van der Waals surface area (Å²) in [5, 5.41) is 15.1. The maximum Gasteiger partial charge on any atom is 0.0681 e. The fourth-order valence-corrected chi connectivity index (χ4v) is 1.58. The highest BCUT2D eigenvalue weighted by Crippen LogP contribution is 2.14. The molecule has 2 rings (SSSR count). The van der Waals surface area contributed by atoms with Crippen molar-refractivity contribution in [2.75, 3.05) is 12.1 Å². The van der Waals surface area contributed by atoms with Crippen LogP contribution in [0.25, 0.3) is 0 Å². The first kappa shape index (κ1) is 12.3. The molecule has 0 aliphatic carbocycles. The fourth-order valence-electron chi connectivity index (χ4n) is 1.58. The lowest BCUT2D eigenvalue weighted by atomic mass is 10.2. The van der Waals surface area contributed by atoms with Crippen molar-refractivity contribution >= 4 is 11.9 Å². The molecular weight excluding hydrogens is 224 g/mol. The van der Waals surface area contributed by atoms with E-state index in [9.17, 15) is 0 Å². The molecule has 0 saturated heterocycles. The zero-order valence-corrected chi connectivity index (χ0v) is 10.3. The van der Waals surface area contributed by atoms with Crippen LogP contribution in [0, 0.1) is 0 Å². The van der Waals surface area contributed by atoms with Crippen LogP contribution in [0.2, 0.25) is 0 Å². The molecule has 2 aromatic rings. The van der Waals surface area contributed by atoms with Gasteiger partial charge in [-0.05, 0) is 23.3 Å². The third-order valence-corrected chi connectivity index (χ3v) is 2.67. The summed E-state index contributed by atoms with van der Waals surface area (Å²) in [6.07, 6.45) is 1.82. The number of benzene rings is 2. The number of hydrazone groups is 1. The Hall–Kier alpha value is -2.13. The number of hydrogen-bond acceptors (Lipinski definition) is 3. The number of rotatable bonds is 4. The third kappa shape index (κ3) is 3.18. The van der Waals surface area contributed by atoms with E-state index in [1.54, 1.807) is 5.01 Å². The van der Waals surface area contributed by atoms with E-state index in [1.807, 2.05) is 67.9 Å². The Balaban J connectivity index is 2.07. The van der Waals surface area contributed by atoms with E-state index >= 15 is 0 Å². The molecule has 0 fully saturated rings. The zero-order valence-electron chi connectivity index (χ0n) is 10.3. The monoisotopic (exact) mass is 240 g/mol. The topological polar surface area (TPSA) is 35.8 Å². The molecule has 1 N–H and O–H groups in total. The van der Waals surface area contributed by atoms with Crippen LogP contribution in [-0.4, -0.2) is 18.4 Å². The first-order valence-corrected chi connectivity index (χ1v) is 5.82. The summed E-state index contributed by atoms with van der Waals surface area (Å²) in [7, 11) is 1.90. The second kappa shape index (κ2) is 5.98. The summed E-state index contributed by atoms with van der Waals surface area (Å²) < 4.78 is 0. The molecule has 18 heavy (non-hydrogen) atoms. The summed E-state index contributed by atoms with van der Waals surface area (Å²) in [5.41, 5.74) is 2.95. The van der Waals surface area contributed by atoms with Gasteiger partial charge in [-0.3, -0.25) is 5.01 Å². The van der Waals surface area contributed by atoms with Gasteiger partial charge in [-0.15, -0.1) is 0 Å². The van der Waals surface area contributed by atoms with Crippen molar-refractivity contribution in [2.24, 2.45) is 5.10 Å². The number of anilines is 1. The molecule has 0 spiro atoms. The van der Waals surface area contributed by atoms with Crippen molar-refractivity contribution in [2.45, 2.75) is 6.61 Å². The minimum absolute atomic E-state index is 0.0667. The van der Waals surface area contributed by atoms with Gasteiger partial charge >= 0.3 is 0 Å². The van der Waals surface area contributed by atoms with Gasteiger partial charge in [-0.25, -0.2) is 0 Å². The van der Waals surface area contributed by atoms with Crippen molar-refractivity contribution in [3.63, 3.8) is 0 Å². The summed E-state index contributed by atoms with van der Waals surface area (Å²) in [5.74, 6) is 0. The van der Waals surface area contributed by atoms with Crippen LogP contribution in [0.15, 0.2) is 59.7 Å². The second-order valence-corrected chi connectivity index (χ2v) is 4.00. The molecule has 3 heteroatoms. The quantitative estimate of drug-likeness (QED) is 0.658. The Bertz CT molecular complexity index is 506. The fraction of sp³-hybridized carbons (Fsp3) is 0.133. The van der Waals surface area contributed by atoms with Gasteiger partial charge in [0, 0.05) is 7.05 Å². The molecule has 0 bridgehead atoms. The second-order valence-electron chi connectivity index (χ2n) is 4.00. The Kier molecular flexibility index (Phi) is 4.10. The van der Waals surface area contributed by atoms with E-state index in [-0.39, 0.29) is 6.61 Å². The largest absolute Gasteiger partial charge is 0.392 e. The number of hydrogen-bond donors (Lipinski definition) is 1. The molecule has 92 valence electrons. The predicted octanol–water partition coefficient (Wildman–Crippen LogP) is 2.65. The van der Waals surface area contributed by atoms with Gasteiger partial charge in [0.2, 0.25) is 0 Å². The molecule has 2 aromatic carbocycles. The lowest BCUT2D eigenvalue weighted by Crippen LogP contribution is -2.08. The maximum atomic E-state index is 8.98. The summed E-state index contributed by atoms with van der Waals surface area (Å²) in [6, 6.07) is 17.6. The molecule has 0 saturated carbocycles. The van der Waals surface area contributed by atoms with Crippen molar-refractivity contribution in [1.82, 2.24) is 0 Å². The lowest BCUT2D eigenvalue weighted by molar-refractivity contribution is 0.282. The molecule has 0 amide bonds. The molecule has 3 nitrogen and oxygen atoms in total. The number of aliphatic hydroxyl groups excluding tert-OH is 1. The van der Waals surface area contributed by atoms with Gasteiger partial charge in [0.05, 0.1) is 18.5 Å². The van der Waals surface area contributed by atoms with Gasteiger partial charge < -0.3 is 5.11 Å². The van der Waals surface area contributed by atoms with E-state index in [0.29, 0.717) is 0 Å². The average Bonchev–Trinajstić information content (AvgIpc) is 2.46. The van der Waals surface area contributed by atoms with Crippen molar-refractivity contribution in [3.8, 4) is 0 Å². The van der Waals surface area contributed by atoms with Crippen molar-refractivity contribution < 1.29 is 5.11 Å². The van der Waals surface area contributed by atoms with E-state index in [0.717, 1.165) is 16.8 Å². The maximum absolute atomic E-state index is 8.98. The Morgan fingerprint density at radius 2 is 1.72 bits per heavy atom. The molecule has 0 atom stereocenters. The van der Waals surface area contributed by atoms with Crippen molar-refractivity contribution in [3.05, 3.63) is 65.7 Å². The van der Waals surface area contributed by atoms with Gasteiger partial charge in [0.15, 0.2) is 0 Å². The summed E-state index contributed by atoms with van der Waals surface area (Å²) in [6.45, 7) is 0.0667. The van der Waals surface area contributed by atoms with E-state index in [4.69, 9.17) is 5.11 Å². The first-order chi connectivity index (χ1) is 8.79. The molecule has 0 heterocycles. The van der Waals surface area contributed by atoms with Crippen LogP contribution in [0.1, 0.15) is 11.1 Å². The van der Waals surface area contributed by atoms with E-state index in [1.165, 1.54) is 0 Å². The Labute approximate surface area is 107 Å². The van der Waals surface area contributed by atoms with Crippen LogP contribution in [0.4, 0.5) is 5.69 Å². The van der Waals surface area contributed by atoms with Gasteiger partial charge in [0.1, 0.15) is 0 Å². The van der Waals surface area contributed by atoms with Gasteiger partial charge in [0.25, 0.3) is 0 Å². The van der Waals surface area contributed by atoms with Crippen LogP contribution < -0.4 is 5.01 Å². The van der Waals surface area contributed by atoms with Crippen LogP contribution in [-0.2, 0) is 6.61 Å². The highest BCUT2D eigenvalue weighted by molar-refractivity contribution is 5.80. The Morgan fingerprint density at radius 3 is 2.33 bits per heavy atom. The SMILES string of the molecule is CN(/N=C/c1ccccc1)c1ccc(CO)cc1. The number of aliphatic hydroxyl groups is 1. The molecule has 0 aliphatic heterocycles. The average molecular weight is 240 g/mol. The molecule has 0 aromatic heterocycles. The van der Waals surface area contributed by atoms with Crippen molar-refractivity contribution in [1.29, 1.82) is 0 Å². The highest BCUT2D eigenvalue weighted by Gasteiger charge is 1.97. The third-order valence-electron chi connectivity index (χ3n) is 2.67. The zero-order chi connectivity index (χ0) is 12.8. The molecular formula is C15H16N2O. The molecule has 0 aliphatic rings. The van der Waals surface area contributed by atoms with E-state index in [2.05, 4.69) is 5.10 Å². The normalized spacial score (nSPS) is 10.8. The Morgan fingerprint density at radius 1 is 1.06 bits per heavy atom. The van der Waals surface area contributed by atoms with E-state index < -0.39 is 0 Å². The summed E-state index contributed by atoms with van der Waals surface area (Å²) in [4.78, 5) is 0. The highest BCUT2D eigenvalue weighted by atomic mass is 16.3. The molecule has 0 radical (unpaired) electrons. The smallest absolute Gasteiger partial charge is 0.0681 e. The minimum atomic E-state index is 0.0667. The lowest BCUT2D eigenvalue weighted by Gasteiger charge is -2.12. The predicted molar refractivity (Wildman–Crippen MR) is 74.8 cm³/mol. The minimum Gasteiger partial charge on any atom is -0.392 e. The molecule has 0 unspecified atom stereocenters. The standard InChI is InChI=1S/C15H16N2O/c1-17(15-9-7-14(12-18)8-10-15)16-11-13-5-3-2-4-6-13/h2-11,18H,12H2,1H3/b16-11+.